The molecule has 9 nitrogen and oxygen atoms in total. The van der Waals surface area contributed by atoms with Crippen LogP contribution in [-0.4, -0.2) is 68.7 Å². The third-order valence-electron chi connectivity index (χ3n) is 2.81. The van der Waals surface area contributed by atoms with Crippen molar-refractivity contribution in [1.82, 2.24) is 0 Å². The Hall–Kier alpha value is -2.20. The fourth-order valence-electron chi connectivity index (χ4n) is 1.62. The van der Waals surface area contributed by atoms with Crippen LogP contribution >= 0.6 is 0 Å². The first-order chi connectivity index (χ1) is 10.8. The number of hydrogen-bond donors (Lipinski definition) is 5. The molecule has 1 aromatic rings. The number of rotatable bonds is 8. The number of aliphatic hydroxyl groups is 3. The number of aromatic hydroxyl groups is 1. The van der Waals surface area contributed by atoms with Crippen molar-refractivity contribution in [3.05, 3.63) is 29.8 Å². The lowest BCUT2D eigenvalue weighted by molar-refractivity contribution is -0.218. The molecule has 0 fully saturated rings. The van der Waals surface area contributed by atoms with Crippen LogP contribution < -0.4 is 0 Å². The molecule has 0 aliphatic rings. The number of esters is 1. The van der Waals surface area contributed by atoms with E-state index < -0.39 is 43.1 Å². The van der Waals surface area contributed by atoms with E-state index in [9.17, 15) is 24.9 Å². The number of carboxylic acids is 1. The second kappa shape index (κ2) is 8.44. The molecule has 0 saturated carbocycles. The molecule has 0 aromatic heterocycles. The minimum absolute atomic E-state index is 0.241. The van der Waals surface area contributed by atoms with Gasteiger partial charge in [-0.25, -0.2) is 9.59 Å². The number of phenols is 1. The molecular weight excluding hydrogens is 312 g/mol. The standard InChI is InChI=1S/C14H18O9/c1-7(16)11(12(19)20)22-14(10(18)6-15)23-13(21)8-4-2-3-5-9(8)17/h2-5,7,10-11,14-18H,6H2,1H3,(H,19,20)/t7?,10-,11?,14-/m0/s1. The Morgan fingerprint density at radius 3 is 2.30 bits per heavy atom. The Bertz CT molecular complexity index is 543. The molecule has 2 unspecified atom stereocenters. The lowest BCUT2D eigenvalue weighted by atomic mass is 10.2. The first-order valence-corrected chi connectivity index (χ1v) is 6.62. The molecule has 23 heavy (non-hydrogen) atoms. The molecule has 0 radical (unpaired) electrons. The van der Waals surface area contributed by atoms with Gasteiger partial charge in [-0.05, 0) is 19.1 Å². The van der Waals surface area contributed by atoms with E-state index in [2.05, 4.69) is 0 Å². The molecule has 128 valence electrons. The maximum Gasteiger partial charge on any atom is 0.344 e. The van der Waals surface area contributed by atoms with Crippen LogP contribution in [0.3, 0.4) is 0 Å². The number of ether oxygens (including phenoxy) is 2. The number of phenolic OH excluding ortho intramolecular Hbond substituents is 1. The highest BCUT2D eigenvalue weighted by Gasteiger charge is 2.33. The third-order valence-corrected chi connectivity index (χ3v) is 2.81. The van der Waals surface area contributed by atoms with E-state index in [0.717, 1.165) is 6.92 Å². The summed E-state index contributed by atoms with van der Waals surface area (Å²) < 4.78 is 9.67. The molecule has 0 amide bonds. The number of carbonyl (C=O) groups excluding carboxylic acids is 1. The van der Waals surface area contributed by atoms with Crippen molar-refractivity contribution < 1.29 is 44.6 Å². The predicted octanol–water partition coefficient (Wildman–Crippen LogP) is -0.921. The number of para-hydroxylation sites is 1. The van der Waals surface area contributed by atoms with Gasteiger partial charge in [-0.2, -0.15) is 0 Å². The molecule has 5 N–H and O–H groups in total. The topological polar surface area (TPSA) is 154 Å². The Balaban J connectivity index is 2.93. The van der Waals surface area contributed by atoms with Gasteiger partial charge >= 0.3 is 11.9 Å². The number of carbonyl (C=O) groups is 2. The summed E-state index contributed by atoms with van der Waals surface area (Å²) in [6.07, 6.45) is -6.86. The lowest BCUT2D eigenvalue weighted by Crippen LogP contribution is -2.45. The van der Waals surface area contributed by atoms with Crippen LogP contribution in [0.15, 0.2) is 24.3 Å². The molecule has 9 heteroatoms. The van der Waals surface area contributed by atoms with Gasteiger partial charge < -0.3 is 35.0 Å². The maximum atomic E-state index is 12.0. The predicted molar refractivity (Wildman–Crippen MR) is 74.6 cm³/mol. The molecular formula is C14H18O9. The maximum absolute atomic E-state index is 12.0. The first-order valence-electron chi connectivity index (χ1n) is 6.62. The molecule has 0 aliphatic carbocycles. The average molecular weight is 330 g/mol. The fourth-order valence-corrected chi connectivity index (χ4v) is 1.62. The molecule has 0 saturated heterocycles. The Morgan fingerprint density at radius 2 is 1.83 bits per heavy atom. The summed E-state index contributed by atoms with van der Waals surface area (Å²) in [5.74, 6) is -3.04. The van der Waals surface area contributed by atoms with Gasteiger partial charge in [-0.1, -0.05) is 12.1 Å². The summed E-state index contributed by atoms with van der Waals surface area (Å²) in [5.41, 5.74) is -0.241. The molecule has 1 aromatic carbocycles. The van der Waals surface area contributed by atoms with Crippen LogP contribution in [0.25, 0.3) is 0 Å². The van der Waals surface area contributed by atoms with E-state index in [0.29, 0.717) is 0 Å². The fraction of sp³-hybridized carbons (Fsp3) is 0.429. The van der Waals surface area contributed by atoms with Gasteiger partial charge in [0.15, 0.2) is 6.10 Å². The zero-order chi connectivity index (χ0) is 17.6. The first kappa shape index (κ1) is 18.8. The van der Waals surface area contributed by atoms with E-state index in [1.165, 1.54) is 24.3 Å². The van der Waals surface area contributed by atoms with E-state index in [1.807, 2.05) is 0 Å². The average Bonchev–Trinajstić information content (AvgIpc) is 2.49. The van der Waals surface area contributed by atoms with Crippen molar-refractivity contribution >= 4 is 11.9 Å². The molecule has 4 atom stereocenters. The lowest BCUT2D eigenvalue weighted by Gasteiger charge is -2.26. The molecule has 0 aliphatic heterocycles. The van der Waals surface area contributed by atoms with Gasteiger partial charge in [0.2, 0.25) is 6.29 Å². The van der Waals surface area contributed by atoms with E-state index in [-0.39, 0.29) is 11.3 Å². The normalized spacial score (nSPS) is 16.2. The monoisotopic (exact) mass is 330 g/mol. The van der Waals surface area contributed by atoms with Gasteiger partial charge in [0.1, 0.15) is 17.4 Å². The second-order valence-electron chi connectivity index (χ2n) is 4.68. The summed E-state index contributed by atoms with van der Waals surface area (Å²) in [4.78, 5) is 22.9. The van der Waals surface area contributed by atoms with E-state index >= 15 is 0 Å². The van der Waals surface area contributed by atoms with Gasteiger partial charge in [0.05, 0.1) is 12.7 Å². The number of hydrogen-bond acceptors (Lipinski definition) is 8. The van der Waals surface area contributed by atoms with Crippen LogP contribution in [0.5, 0.6) is 5.75 Å². The number of aliphatic hydroxyl groups excluding tert-OH is 3. The van der Waals surface area contributed by atoms with Crippen LogP contribution in [0.2, 0.25) is 0 Å². The van der Waals surface area contributed by atoms with Crippen LogP contribution in [-0.2, 0) is 14.3 Å². The number of aliphatic carboxylic acids is 1. The zero-order valence-corrected chi connectivity index (χ0v) is 12.2. The minimum Gasteiger partial charge on any atom is -0.507 e. The third kappa shape index (κ3) is 5.18. The van der Waals surface area contributed by atoms with Gasteiger partial charge in [0.25, 0.3) is 0 Å². The van der Waals surface area contributed by atoms with E-state index in [4.69, 9.17) is 19.7 Å². The summed E-state index contributed by atoms with van der Waals surface area (Å²) in [6, 6.07) is 5.38. The summed E-state index contributed by atoms with van der Waals surface area (Å²) in [7, 11) is 0. The largest absolute Gasteiger partial charge is 0.507 e. The van der Waals surface area contributed by atoms with Crippen molar-refractivity contribution in [2.75, 3.05) is 6.61 Å². The SMILES string of the molecule is CC(O)C(O[C@@H](OC(=O)c1ccccc1O)[C@@H](O)CO)C(=O)O. The molecule has 1 rings (SSSR count). The van der Waals surface area contributed by atoms with Gasteiger partial charge in [-0.3, -0.25) is 0 Å². The van der Waals surface area contributed by atoms with Crippen LogP contribution in [0.1, 0.15) is 17.3 Å². The Kier molecular flexibility index (Phi) is 6.91. The smallest absolute Gasteiger partial charge is 0.344 e. The highest BCUT2D eigenvalue weighted by Crippen LogP contribution is 2.19. The summed E-state index contributed by atoms with van der Waals surface area (Å²) in [6.45, 7) is 0.247. The van der Waals surface area contributed by atoms with Crippen molar-refractivity contribution in [2.24, 2.45) is 0 Å². The Morgan fingerprint density at radius 1 is 1.22 bits per heavy atom. The minimum atomic E-state index is -1.86. The van der Waals surface area contributed by atoms with Crippen LogP contribution in [0.4, 0.5) is 0 Å². The van der Waals surface area contributed by atoms with Crippen molar-refractivity contribution in [3.63, 3.8) is 0 Å². The number of benzene rings is 1. The van der Waals surface area contributed by atoms with Crippen molar-refractivity contribution in [2.45, 2.75) is 31.5 Å². The molecule has 0 heterocycles. The van der Waals surface area contributed by atoms with Crippen molar-refractivity contribution in [3.8, 4) is 5.75 Å². The highest BCUT2D eigenvalue weighted by molar-refractivity contribution is 5.92. The van der Waals surface area contributed by atoms with Gasteiger partial charge in [-0.15, -0.1) is 0 Å². The Labute approximate surface area is 131 Å². The van der Waals surface area contributed by atoms with Crippen molar-refractivity contribution in [1.29, 1.82) is 0 Å². The van der Waals surface area contributed by atoms with Gasteiger partial charge in [0, 0.05) is 0 Å². The number of carboxylic acid groups (broad SMARTS) is 1. The second-order valence-corrected chi connectivity index (χ2v) is 4.68. The molecule has 0 spiro atoms. The highest BCUT2D eigenvalue weighted by atomic mass is 16.7. The molecule has 0 bridgehead atoms. The zero-order valence-electron chi connectivity index (χ0n) is 12.2. The van der Waals surface area contributed by atoms with Crippen LogP contribution in [0, 0.1) is 0 Å². The van der Waals surface area contributed by atoms with E-state index in [1.54, 1.807) is 0 Å². The summed E-state index contributed by atoms with van der Waals surface area (Å²) in [5, 5.41) is 46.4. The quantitative estimate of drug-likeness (QED) is 0.301. The summed E-state index contributed by atoms with van der Waals surface area (Å²) >= 11 is 0.